The monoisotopic (exact) mass is 283 g/mol. The molecule has 0 aromatic carbocycles. The van der Waals surface area contributed by atoms with Crippen molar-refractivity contribution < 1.29 is 19.3 Å². The number of rotatable bonds is 2. The first-order chi connectivity index (χ1) is 9.52. The van der Waals surface area contributed by atoms with Crippen LogP contribution in [0, 0.1) is 6.92 Å². The Labute approximate surface area is 113 Å². The van der Waals surface area contributed by atoms with E-state index in [9.17, 15) is 9.50 Å². The van der Waals surface area contributed by atoms with Crippen molar-refractivity contribution in [1.82, 2.24) is 19.5 Å². The Morgan fingerprint density at radius 1 is 1.50 bits per heavy atom. The highest BCUT2D eigenvalue weighted by atomic mass is 19.1. The maximum Gasteiger partial charge on any atom is 0.222 e. The standard InChI is InChI=1S/C11H14FN5O3/c1-4-7-9(16-11(13)15-4)17(3-14-7)10-6(12)8(19)5(2-18)20-10/h3,5-6,8,10,18-19H,2H2,1H3,(H2,13,15,16)/t5-,6-,8?,10-/m1/s1. The highest BCUT2D eigenvalue weighted by Gasteiger charge is 2.45. The van der Waals surface area contributed by atoms with E-state index in [1.54, 1.807) is 6.92 Å². The van der Waals surface area contributed by atoms with Gasteiger partial charge in [0.25, 0.3) is 0 Å². The van der Waals surface area contributed by atoms with Crippen molar-refractivity contribution in [2.24, 2.45) is 0 Å². The van der Waals surface area contributed by atoms with Gasteiger partial charge in [0, 0.05) is 0 Å². The summed E-state index contributed by atoms with van der Waals surface area (Å²) in [6.45, 7) is 1.24. The van der Waals surface area contributed by atoms with Crippen molar-refractivity contribution in [3.05, 3.63) is 12.0 Å². The third-order valence-electron chi connectivity index (χ3n) is 3.36. The second-order valence-corrected chi connectivity index (χ2v) is 4.67. The van der Waals surface area contributed by atoms with E-state index in [0.29, 0.717) is 16.9 Å². The molecule has 1 aliphatic heterocycles. The van der Waals surface area contributed by atoms with Crippen molar-refractivity contribution in [2.75, 3.05) is 12.3 Å². The summed E-state index contributed by atoms with van der Waals surface area (Å²) < 4.78 is 20.8. The molecule has 20 heavy (non-hydrogen) atoms. The molecule has 1 unspecified atom stereocenters. The first-order valence-electron chi connectivity index (χ1n) is 6.08. The van der Waals surface area contributed by atoms with Crippen molar-refractivity contribution in [3.63, 3.8) is 0 Å². The first-order valence-corrected chi connectivity index (χ1v) is 6.08. The third kappa shape index (κ3) is 1.82. The van der Waals surface area contributed by atoms with Crippen LogP contribution >= 0.6 is 0 Å². The summed E-state index contributed by atoms with van der Waals surface area (Å²) in [4.78, 5) is 12.1. The predicted molar refractivity (Wildman–Crippen MR) is 66.4 cm³/mol. The molecule has 0 radical (unpaired) electrons. The Kier molecular flexibility index (Phi) is 3.04. The Morgan fingerprint density at radius 2 is 2.25 bits per heavy atom. The molecule has 1 fully saturated rings. The van der Waals surface area contributed by atoms with Crippen LogP contribution in [0.25, 0.3) is 11.2 Å². The summed E-state index contributed by atoms with van der Waals surface area (Å²) in [5.74, 6) is 0.0458. The number of nitrogens with two attached hydrogens (primary N) is 1. The number of alkyl halides is 1. The Balaban J connectivity index is 2.07. The molecule has 1 saturated heterocycles. The van der Waals surface area contributed by atoms with Crippen LogP contribution in [-0.2, 0) is 4.74 Å². The Bertz CT molecular complexity index is 648. The quantitative estimate of drug-likeness (QED) is 0.667. The van der Waals surface area contributed by atoms with Gasteiger partial charge in [-0.25, -0.2) is 14.4 Å². The van der Waals surface area contributed by atoms with Crippen molar-refractivity contribution >= 4 is 17.1 Å². The lowest BCUT2D eigenvalue weighted by molar-refractivity contribution is -0.0459. The van der Waals surface area contributed by atoms with Gasteiger partial charge in [-0.3, -0.25) is 4.57 Å². The summed E-state index contributed by atoms with van der Waals surface area (Å²) in [6, 6.07) is 0. The number of fused-ring (bicyclic) bond motifs is 1. The number of anilines is 1. The minimum absolute atomic E-state index is 0.0458. The van der Waals surface area contributed by atoms with Gasteiger partial charge in [0.2, 0.25) is 5.95 Å². The zero-order valence-corrected chi connectivity index (χ0v) is 10.6. The largest absolute Gasteiger partial charge is 0.394 e. The van der Waals surface area contributed by atoms with Crippen LogP contribution < -0.4 is 5.73 Å². The van der Waals surface area contributed by atoms with Gasteiger partial charge in [-0.1, -0.05) is 0 Å². The molecule has 0 spiro atoms. The van der Waals surface area contributed by atoms with Crippen LogP contribution in [0.4, 0.5) is 10.3 Å². The molecule has 9 heteroatoms. The van der Waals surface area contributed by atoms with Gasteiger partial charge >= 0.3 is 0 Å². The zero-order valence-electron chi connectivity index (χ0n) is 10.6. The minimum Gasteiger partial charge on any atom is -0.394 e. The summed E-state index contributed by atoms with van der Waals surface area (Å²) in [6.07, 6.45) is -3.83. The van der Waals surface area contributed by atoms with E-state index >= 15 is 0 Å². The summed E-state index contributed by atoms with van der Waals surface area (Å²) in [5.41, 5.74) is 6.96. The van der Waals surface area contributed by atoms with Gasteiger partial charge in [0.1, 0.15) is 17.7 Å². The predicted octanol–water partition coefficient (Wildman–Crippen LogP) is -0.694. The smallest absolute Gasteiger partial charge is 0.222 e. The van der Waals surface area contributed by atoms with Gasteiger partial charge in [-0.2, -0.15) is 4.98 Å². The lowest BCUT2D eigenvalue weighted by Crippen LogP contribution is -2.30. The summed E-state index contributed by atoms with van der Waals surface area (Å²) >= 11 is 0. The molecule has 8 nitrogen and oxygen atoms in total. The van der Waals surface area contributed by atoms with Gasteiger partial charge in [-0.15, -0.1) is 0 Å². The van der Waals surface area contributed by atoms with Crippen LogP contribution in [0.15, 0.2) is 6.33 Å². The van der Waals surface area contributed by atoms with Crippen LogP contribution in [0.1, 0.15) is 11.9 Å². The molecule has 0 amide bonds. The van der Waals surface area contributed by atoms with Crippen LogP contribution in [-0.4, -0.2) is 54.7 Å². The van der Waals surface area contributed by atoms with E-state index in [4.69, 9.17) is 15.6 Å². The number of nitrogen functional groups attached to an aromatic ring is 1. The number of imidazole rings is 1. The number of aliphatic hydroxyl groups excluding tert-OH is 2. The normalized spacial score (nSPS) is 30.2. The second kappa shape index (κ2) is 4.62. The number of aliphatic hydroxyl groups is 2. The Morgan fingerprint density at radius 3 is 2.90 bits per heavy atom. The molecule has 2 aromatic rings. The third-order valence-corrected chi connectivity index (χ3v) is 3.36. The molecule has 3 heterocycles. The molecule has 2 aromatic heterocycles. The highest BCUT2D eigenvalue weighted by Crippen LogP contribution is 2.33. The fourth-order valence-electron chi connectivity index (χ4n) is 2.34. The number of aryl methyl sites for hydroxylation is 1. The summed E-state index contributed by atoms with van der Waals surface area (Å²) in [5, 5.41) is 18.7. The highest BCUT2D eigenvalue weighted by molar-refractivity contribution is 5.74. The maximum atomic E-state index is 14.1. The fourth-order valence-corrected chi connectivity index (χ4v) is 2.34. The summed E-state index contributed by atoms with van der Waals surface area (Å²) in [7, 11) is 0. The van der Waals surface area contributed by atoms with E-state index in [1.807, 2.05) is 0 Å². The van der Waals surface area contributed by atoms with E-state index in [-0.39, 0.29) is 5.95 Å². The lowest BCUT2D eigenvalue weighted by atomic mass is 10.1. The van der Waals surface area contributed by atoms with Crippen LogP contribution in [0.2, 0.25) is 0 Å². The molecule has 0 aliphatic carbocycles. The average Bonchev–Trinajstić information content (AvgIpc) is 2.93. The van der Waals surface area contributed by atoms with E-state index in [2.05, 4.69) is 15.0 Å². The molecule has 0 saturated carbocycles. The minimum atomic E-state index is -1.69. The maximum absolute atomic E-state index is 14.1. The number of ether oxygens (including phenoxy) is 1. The second-order valence-electron chi connectivity index (χ2n) is 4.67. The average molecular weight is 283 g/mol. The van der Waals surface area contributed by atoms with Crippen molar-refractivity contribution in [2.45, 2.75) is 31.5 Å². The topological polar surface area (TPSA) is 119 Å². The van der Waals surface area contributed by atoms with Crippen molar-refractivity contribution in [3.8, 4) is 0 Å². The molecular weight excluding hydrogens is 269 g/mol. The number of aromatic nitrogens is 4. The number of halogens is 1. The number of nitrogens with zero attached hydrogens (tertiary/aromatic N) is 4. The first kappa shape index (κ1) is 13.2. The zero-order chi connectivity index (χ0) is 14.4. The Hall–Kier alpha value is -1.84. The molecule has 4 atom stereocenters. The van der Waals surface area contributed by atoms with Gasteiger partial charge in [-0.05, 0) is 6.92 Å². The van der Waals surface area contributed by atoms with Crippen LogP contribution in [0.3, 0.4) is 0 Å². The van der Waals surface area contributed by atoms with E-state index in [0.717, 1.165) is 0 Å². The molecule has 4 N–H and O–H groups in total. The fraction of sp³-hybridized carbons (Fsp3) is 0.545. The van der Waals surface area contributed by atoms with Gasteiger partial charge in [0.05, 0.1) is 18.6 Å². The number of hydrogen-bond acceptors (Lipinski definition) is 7. The molecule has 1 aliphatic rings. The number of hydrogen-bond donors (Lipinski definition) is 3. The lowest BCUT2D eigenvalue weighted by Gasteiger charge is -2.15. The van der Waals surface area contributed by atoms with Crippen LogP contribution in [0.5, 0.6) is 0 Å². The van der Waals surface area contributed by atoms with Gasteiger partial charge in [0.15, 0.2) is 18.0 Å². The van der Waals surface area contributed by atoms with E-state index < -0.39 is 31.2 Å². The molecule has 108 valence electrons. The van der Waals surface area contributed by atoms with E-state index in [1.165, 1.54) is 10.9 Å². The molecular formula is C11H14FN5O3. The molecule has 0 bridgehead atoms. The SMILES string of the molecule is Cc1nc(N)nc2c1ncn2[C@@H]1O[C@H](CO)C(O)[C@H]1F. The van der Waals surface area contributed by atoms with Crippen molar-refractivity contribution in [1.29, 1.82) is 0 Å². The molecule has 3 rings (SSSR count). The van der Waals surface area contributed by atoms with Gasteiger partial charge < -0.3 is 20.7 Å².